The largest absolute Gasteiger partial charge is 0.494 e. The van der Waals surface area contributed by atoms with Gasteiger partial charge in [0.1, 0.15) is 5.75 Å². The van der Waals surface area contributed by atoms with E-state index >= 15 is 0 Å². The van der Waals surface area contributed by atoms with Gasteiger partial charge in [-0.2, -0.15) is 0 Å². The molecule has 2 atom stereocenters. The van der Waals surface area contributed by atoms with E-state index in [-0.39, 0.29) is 6.10 Å². The first-order chi connectivity index (χ1) is 9.22. The maximum Gasteiger partial charge on any atom is 0.119 e. The van der Waals surface area contributed by atoms with E-state index in [1.54, 1.807) is 0 Å². The third-order valence-corrected chi connectivity index (χ3v) is 3.93. The van der Waals surface area contributed by atoms with Crippen LogP contribution in [-0.2, 0) is 6.42 Å². The molecule has 1 aromatic rings. The molecule has 3 heteroatoms. The lowest BCUT2D eigenvalue weighted by molar-refractivity contribution is 0.0290. The fourth-order valence-corrected chi connectivity index (χ4v) is 2.81. The zero-order chi connectivity index (χ0) is 13.7. The highest BCUT2D eigenvalue weighted by molar-refractivity contribution is 5.29. The van der Waals surface area contributed by atoms with E-state index in [9.17, 15) is 5.11 Å². The van der Waals surface area contributed by atoms with Gasteiger partial charge in [0.15, 0.2) is 0 Å². The number of benzene rings is 1. The number of piperidine rings is 1. The summed E-state index contributed by atoms with van der Waals surface area (Å²) in [5.41, 5.74) is 1.26. The van der Waals surface area contributed by atoms with Crippen LogP contribution < -0.4 is 4.74 Å². The normalized spacial score (nSPS) is 24.4. The van der Waals surface area contributed by atoms with E-state index in [1.165, 1.54) is 5.56 Å². The summed E-state index contributed by atoms with van der Waals surface area (Å²) in [6.07, 6.45) is 1.65. The Morgan fingerprint density at radius 2 is 2.21 bits per heavy atom. The quantitative estimate of drug-likeness (QED) is 0.885. The number of aliphatic hydroxyl groups is 1. The van der Waals surface area contributed by atoms with Crippen LogP contribution in [0.5, 0.6) is 5.75 Å². The van der Waals surface area contributed by atoms with Gasteiger partial charge in [0, 0.05) is 19.0 Å². The van der Waals surface area contributed by atoms with Crippen molar-refractivity contribution in [3.63, 3.8) is 0 Å². The number of ether oxygens (including phenoxy) is 1. The molecule has 2 unspecified atom stereocenters. The molecular weight excluding hydrogens is 238 g/mol. The number of aliphatic hydroxyl groups excluding tert-OH is 1. The van der Waals surface area contributed by atoms with Gasteiger partial charge in [-0.15, -0.1) is 0 Å². The third kappa shape index (κ3) is 3.95. The average molecular weight is 263 g/mol. The van der Waals surface area contributed by atoms with Crippen LogP contribution in [-0.4, -0.2) is 42.4 Å². The maximum absolute atomic E-state index is 10.2. The summed E-state index contributed by atoms with van der Waals surface area (Å²) in [6, 6.07) is 8.25. The summed E-state index contributed by atoms with van der Waals surface area (Å²) in [4.78, 5) is 2.42. The Morgan fingerprint density at radius 1 is 1.37 bits per heavy atom. The van der Waals surface area contributed by atoms with Gasteiger partial charge in [-0.3, -0.25) is 0 Å². The molecule has 0 amide bonds. The van der Waals surface area contributed by atoms with Crippen LogP contribution >= 0.6 is 0 Å². The zero-order valence-corrected chi connectivity index (χ0v) is 12.0. The van der Waals surface area contributed by atoms with Crippen molar-refractivity contribution < 1.29 is 9.84 Å². The van der Waals surface area contributed by atoms with E-state index in [4.69, 9.17) is 4.74 Å². The lowest BCUT2D eigenvalue weighted by atomic mass is 9.88. The number of nitrogens with zero attached hydrogens (tertiary/aromatic N) is 1. The first-order valence-electron chi connectivity index (χ1n) is 7.35. The molecule has 3 nitrogen and oxygen atoms in total. The lowest BCUT2D eigenvalue weighted by Gasteiger charge is -2.35. The fraction of sp³-hybridized carbons (Fsp3) is 0.625. The van der Waals surface area contributed by atoms with Crippen molar-refractivity contribution in [3.8, 4) is 5.75 Å². The summed E-state index contributed by atoms with van der Waals surface area (Å²) in [5, 5.41) is 10.2. The van der Waals surface area contributed by atoms with Crippen LogP contribution in [0.4, 0.5) is 0 Å². The van der Waals surface area contributed by atoms with Gasteiger partial charge in [-0.05, 0) is 44.0 Å². The molecule has 0 radical (unpaired) electrons. The molecule has 19 heavy (non-hydrogen) atoms. The Balaban J connectivity index is 2.00. The summed E-state index contributed by atoms with van der Waals surface area (Å²) >= 11 is 0. The number of rotatable bonds is 5. The van der Waals surface area contributed by atoms with Crippen molar-refractivity contribution in [2.45, 2.75) is 32.8 Å². The second kappa shape index (κ2) is 6.92. The molecule has 0 spiro atoms. The highest BCUT2D eigenvalue weighted by Crippen LogP contribution is 2.23. The van der Waals surface area contributed by atoms with E-state index in [0.717, 1.165) is 38.2 Å². The molecule has 1 heterocycles. The molecular formula is C16H25NO2. The number of hydrogen-bond acceptors (Lipinski definition) is 3. The second-order valence-electron chi connectivity index (χ2n) is 5.29. The minimum Gasteiger partial charge on any atom is -0.494 e. The van der Waals surface area contributed by atoms with Crippen LogP contribution in [0.3, 0.4) is 0 Å². The molecule has 1 N–H and O–H groups in total. The summed E-state index contributed by atoms with van der Waals surface area (Å²) in [5.74, 6) is 1.27. The van der Waals surface area contributed by atoms with E-state index in [0.29, 0.717) is 12.5 Å². The van der Waals surface area contributed by atoms with Gasteiger partial charge >= 0.3 is 0 Å². The molecule has 0 aliphatic carbocycles. The van der Waals surface area contributed by atoms with Crippen LogP contribution in [0.25, 0.3) is 0 Å². The van der Waals surface area contributed by atoms with Gasteiger partial charge in [0.05, 0.1) is 12.7 Å². The average Bonchev–Trinajstić information content (AvgIpc) is 2.42. The minimum atomic E-state index is -0.168. The van der Waals surface area contributed by atoms with Crippen molar-refractivity contribution >= 4 is 0 Å². The van der Waals surface area contributed by atoms with Crippen molar-refractivity contribution in [3.05, 3.63) is 29.8 Å². The molecule has 106 valence electrons. The molecule has 0 aromatic heterocycles. The highest BCUT2D eigenvalue weighted by Gasteiger charge is 2.26. The second-order valence-corrected chi connectivity index (χ2v) is 5.29. The van der Waals surface area contributed by atoms with Gasteiger partial charge in [0.25, 0.3) is 0 Å². The minimum absolute atomic E-state index is 0.168. The fourth-order valence-electron chi connectivity index (χ4n) is 2.81. The molecule has 0 bridgehead atoms. The van der Waals surface area contributed by atoms with Crippen molar-refractivity contribution in [2.75, 3.05) is 26.2 Å². The topological polar surface area (TPSA) is 32.7 Å². The van der Waals surface area contributed by atoms with Gasteiger partial charge < -0.3 is 14.7 Å². The molecule has 1 aliphatic heterocycles. The monoisotopic (exact) mass is 263 g/mol. The molecule has 0 saturated carbocycles. The Kier molecular flexibility index (Phi) is 5.23. The lowest BCUT2D eigenvalue weighted by Crippen LogP contribution is -2.43. The summed E-state index contributed by atoms with van der Waals surface area (Å²) in [6.45, 7) is 7.96. The number of hydrogen-bond donors (Lipinski definition) is 1. The Bertz CT molecular complexity index is 394. The van der Waals surface area contributed by atoms with Crippen molar-refractivity contribution in [1.82, 2.24) is 4.90 Å². The molecule has 1 saturated heterocycles. The predicted molar refractivity (Wildman–Crippen MR) is 77.5 cm³/mol. The van der Waals surface area contributed by atoms with Crippen LogP contribution in [0.2, 0.25) is 0 Å². The maximum atomic E-state index is 10.2. The van der Waals surface area contributed by atoms with Gasteiger partial charge in [0.2, 0.25) is 0 Å². The molecule has 1 fully saturated rings. The van der Waals surface area contributed by atoms with Crippen LogP contribution in [0, 0.1) is 5.92 Å². The Hall–Kier alpha value is -1.06. The highest BCUT2D eigenvalue weighted by atomic mass is 16.5. The summed E-state index contributed by atoms with van der Waals surface area (Å²) < 4.78 is 5.53. The standard InChI is InChI=1S/C16H25NO2/c1-3-17-9-8-16(18)14(12-17)10-13-6-5-7-15(11-13)19-4-2/h5-7,11,14,16,18H,3-4,8-10,12H2,1-2H3. The Morgan fingerprint density at radius 3 is 2.95 bits per heavy atom. The van der Waals surface area contributed by atoms with Gasteiger partial charge in [-0.25, -0.2) is 0 Å². The first-order valence-corrected chi connectivity index (χ1v) is 7.35. The zero-order valence-electron chi connectivity index (χ0n) is 12.0. The van der Waals surface area contributed by atoms with Crippen LogP contribution in [0.15, 0.2) is 24.3 Å². The smallest absolute Gasteiger partial charge is 0.119 e. The molecule has 2 rings (SSSR count). The third-order valence-electron chi connectivity index (χ3n) is 3.93. The Labute approximate surface area is 116 Å². The molecule has 1 aromatic carbocycles. The SMILES string of the molecule is CCOc1cccc(CC2CN(CC)CCC2O)c1. The number of likely N-dealkylation sites (tertiary alicyclic amines) is 1. The summed E-state index contributed by atoms with van der Waals surface area (Å²) in [7, 11) is 0. The van der Waals surface area contributed by atoms with Gasteiger partial charge in [-0.1, -0.05) is 19.1 Å². The van der Waals surface area contributed by atoms with E-state index < -0.39 is 0 Å². The first kappa shape index (κ1) is 14.4. The van der Waals surface area contributed by atoms with Crippen molar-refractivity contribution in [1.29, 1.82) is 0 Å². The van der Waals surface area contributed by atoms with Crippen LogP contribution in [0.1, 0.15) is 25.8 Å². The predicted octanol–water partition coefficient (Wildman–Crippen LogP) is 2.33. The molecule has 1 aliphatic rings. The van der Waals surface area contributed by atoms with E-state index in [2.05, 4.69) is 24.0 Å². The van der Waals surface area contributed by atoms with E-state index in [1.807, 2.05) is 19.1 Å². The van der Waals surface area contributed by atoms with Crippen molar-refractivity contribution in [2.24, 2.45) is 5.92 Å².